The van der Waals surface area contributed by atoms with Gasteiger partial charge in [-0.05, 0) is 37.3 Å². The van der Waals surface area contributed by atoms with Gasteiger partial charge in [-0.15, -0.1) is 11.3 Å². The zero-order valence-electron chi connectivity index (χ0n) is 13.1. The highest BCUT2D eigenvalue weighted by molar-refractivity contribution is 7.18. The number of thiophene rings is 1. The van der Waals surface area contributed by atoms with Crippen molar-refractivity contribution < 1.29 is 0 Å². The standard InChI is InChI=1S/C18H15N5S/c1-11-8-12(5-7-20-11)17-22-16(19)15-10-14(24-18(15)23-17)9-13-4-2-3-6-21-13/h2-8,10H,9H2,1H3,(H2,19,22,23). The number of aryl methyl sites for hydroxylation is 1. The minimum atomic E-state index is 0.507. The summed E-state index contributed by atoms with van der Waals surface area (Å²) in [7, 11) is 0. The summed E-state index contributed by atoms with van der Waals surface area (Å²) in [5.41, 5.74) is 9.05. The SMILES string of the molecule is Cc1cc(-c2nc(N)c3cc(Cc4ccccn4)sc3n2)ccn1. The highest BCUT2D eigenvalue weighted by atomic mass is 32.1. The molecule has 0 radical (unpaired) electrons. The summed E-state index contributed by atoms with van der Waals surface area (Å²) in [4.78, 5) is 19.8. The Balaban J connectivity index is 1.75. The summed E-state index contributed by atoms with van der Waals surface area (Å²) in [6, 6.07) is 11.9. The van der Waals surface area contributed by atoms with Crippen LogP contribution in [0.5, 0.6) is 0 Å². The Labute approximate surface area is 143 Å². The van der Waals surface area contributed by atoms with Crippen molar-refractivity contribution in [3.63, 3.8) is 0 Å². The molecule has 0 bridgehead atoms. The Morgan fingerprint density at radius 3 is 2.75 bits per heavy atom. The fourth-order valence-electron chi connectivity index (χ4n) is 2.58. The third-order valence-corrected chi connectivity index (χ3v) is 4.74. The molecular formula is C18H15N5S. The van der Waals surface area contributed by atoms with Crippen molar-refractivity contribution in [3.05, 3.63) is 65.1 Å². The van der Waals surface area contributed by atoms with Crippen LogP contribution in [0.25, 0.3) is 21.6 Å². The van der Waals surface area contributed by atoms with Gasteiger partial charge in [-0.3, -0.25) is 9.97 Å². The molecule has 5 nitrogen and oxygen atoms in total. The molecule has 24 heavy (non-hydrogen) atoms. The average Bonchev–Trinajstić information content (AvgIpc) is 2.99. The van der Waals surface area contributed by atoms with Crippen molar-refractivity contribution in [2.75, 3.05) is 5.73 Å². The number of nitrogens with zero attached hydrogens (tertiary/aromatic N) is 4. The number of rotatable bonds is 3. The first-order chi connectivity index (χ1) is 11.7. The van der Waals surface area contributed by atoms with Crippen molar-refractivity contribution >= 4 is 27.4 Å². The molecule has 0 unspecified atom stereocenters. The molecule has 0 aliphatic rings. The molecule has 0 aliphatic carbocycles. The molecule has 4 aromatic rings. The molecule has 4 heterocycles. The third kappa shape index (κ3) is 2.83. The van der Waals surface area contributed by atoms with Gasteiger partial charge in [0.25, 0.3) is 0 Å². The first kappa shape index (κ1) is 14.7. The number of anilines is 1. The van der Waals surface area contributed by atoms with Gasteiger partial charge in [0.05, 0.1) is 5.39 Å². The fourth-order valence-corrected chi connectivity index (χ4v) is 3.63. The predicted molar refractivity (Wildman–Crippen MR) is 96.8 cm³/mol. The zero-order chi connectivity index (χ0) is 16.5. The van der Waals surface area contributed by atoms with Crippen LogP contribution in [0.15, 0.2) is 48.8 Å². The lowest BCUT2D eigenvalue weighted by atomic mass is 10.2. The van der Waals surface area contributed by atoms with Crippen LogP contribution >= 0.6 is 11.3 Å². The van der Waals surface area contributed by atoms with Crippen LogP contribution in [-0.4, -0.2) is 19.9 Å². The summed E-state index contributed by atoms with van der Waals surface area (Å²) >= 11 is 1.63. The summed E-state index contributed by atoms with van der Waals surface area (Å²) in [6.07, 6.45) is 4.33. The normalized spacial score (nSPS) is 11.0. The van der Waals surface area contributed by atoms with Crippen LogP contribution in [-0.2, 0) is 6.42 Å². The van der Waals surface area contributed by atoms with E-state index < -0.39 is 0 Å². The van der Waals surface area contributed by atoms with Crippen molar-refractivity contribution in [1.82, 2.24) is 19.9 Å². The van der Waals surface area contributed by atoms with E-state index in [2.05, 4.69) is 26.0 Å². The van der Waals surface area contributed by atoms with Gasteiger partial charge in [0.15, 0.2) is 5.82 Å². The molecule has 6 heteroatoms. The van der Waals surface area contributed by atoms with Crippen LogP contribution in [0.3, 0.4) is 0 Å². The van der Waals surface area contributed by atoms with Gasteiger partial charge in [-0.25, -0.2) is 9.97 Å². The van der Waals surface area contributed by atoms with Gasteiger partial charge in [0.2, 0.25) is 0 Å². The quantitative estimate of drug-likeness (QED) is 0.619. The maximum Gasteiger partial charge on any atom is 0.163 e. The molecule has 0 aromatic carbocycles. The van der Waals surface area contributed by atoms with Gasteiger partial charge >= 0.3 is 0 Å². The number of aromatic nitrogens is 4. The second-order valence-corrected chi connectivity index (χ2v) is 6.66. The first-order valence-electron chi connectivity index (χ1n) is 7.58. The number of nitrogen functional groups attached to an aromatic ring is 1. The molecule has 0 aliphatic heterocycles. The number of fused-ring (bicyclic) bond motifs is 1. The summed E-state index contributed by atoms with van der Waals surface area (Å²) in [5, 5.41) is 0.903. The van der Waals surface area contributed by atoms with E-state index in [1.807, 2.05) is 37.3 Å². The fraction of sp³-hybridized carbons (Fsp3) is 0.111. The topological polar surface area (TPSA) is 77.6 Å². The summed E-state index contributed by atoms with van der Waals surface area (Å²) in [6.45, 7) is 1.95. The van der Waals surface area contributed by atoms with E-state index in [0.717, 1.165) is 33.6 Å². The molecule has 0 saturated carbocycles. The van der Waals surface area contributed by atoms with E-state index in [0.29, 0.717) is 11.6 Å². The van der Waals surface area contributed by atoms with Gasteiger partial charge in [-0.2, -0.15) is 0 Å². The lowest BCUT2D eigenvalue weighted by Crippen LogP contribution is -1.96. The van der Waals surface area contributed by atoms with Crippen LogP contribution in [0.4, 0.5) is 5.82 Å². The molecule has 0 amide bonds. The minimum absolute atomic E-state index is 0.507. The maximum atomic E-state index is 6.16. The third-order valence-electron chi connectivity index (χ3n) is 3.71. The van der Waals surface area contributed by atoms with Gasteiger partial charge < -0.3 is 5.73 Å². The van der Waals surface area contributed by atoms with Crippen LogP contribution in [0.2, 0.25) is 0 Å². The van der Waals surface area contributed by atoms with E-state index in [9.17, 15) is 0 Å². The molecule has 0 fully saturated rings. The number of hydrogen-bond acceptors (Lipinski definition) is 6. The van der Waals surface area contributed by atoms with Crippen LogP contribution in [0.1, 0.15) is 16.3 Å². The predicted octanol–water partition coefficient (Wildman–Crippen LogP) is 3.63. The number of nitrogens with two attached hydrogens (primary N) is 1. The van der Waals surface area contributed by atoms with Crippen LogP contribution < -0.4 is 5.73 Å². The monoisotopic (exact) mass is 333 g/mol. The molecule has 4 aromatic heterocycles. The Morgan fingerprint density at radius 2 is 1.96 bits per heavy atom. The van der Waals surface area contributed by atoms with E-state index in [1.54, 1.807) is 23.7 Å². The van der Waals surface area contributed by atoms with Crippen molar-refractivity contribution in [3.8, 4) is 11.4 Å². The Morgan fingerprint density at radius 1 is 1.04 bits per heavy atom. The molecule has 2 N–H and O–H groups in total. The Kier molecular flexibility index (Phi) is 3.66. The molecule has 118 valence electrons. The largest absolute Gasteiger partial charge is 0.383 e. The van der Waals surface area contributed by atoms with Crippen molar-refractivity contribution in [2.24, 2.45) is 0 Å². The minimum Gasteiger partial charge on any atom is -0.383 e. The van der Waals surface area contributed by atoms with Crippen molar-refractivity contribution in [1.29, 1.82) is 0 Å². The first-order valence-corrected chi connectivity index (χ1v) is 8.39. The summed E-state index contributed by atoms with van der Waals surface area (Å²) < 4.78 is 0. The average molecular weight is 333 g/mol. The zero-order valence-corrected chi connectivity index (χ0v) is 13.9. The highest BCUT2D eigenvalue weighted by Crippen LogP contribution is 2.31. The smallest absolute Gasteiger partial charge is 0.163 e. The van der Waals surface area contributed by atoms with E-state index in [1.165, 1.54) is 4.88 Å². The maximum absolute atomic E-state index is 6.16. The van der Waals surface area contributed by atoms with Gasteiger partial charge in [-0.1, -0.05) is 6.07 Å². The molecule has 4 rings (SSSR count). The summed E-state index contributed by atoms with van der Waals surface area (Å²) in [5.74, 6) is 1.14. The van der Waals surface area contributed by atoms with E-state index in [-0.39, 0.29) is 0 Å². The van der Waals surface area contributed by atoms with Crippen molar-refractivity contribution in [2.45, 2.75) is 13.3 Å². The molecular weight excluding hydrogens is 318 g/mol. The van der Waals surface area contributed by atoms with Crippen LogP contribution in [0, 0.1) is 6.92 Å². The molecule has 0 atom stereocenters. The lowest BCUT2D eigenvalue weighted by Gasteiger charge is -2.03. The number of pyridine rings is 2. The Hall–Kier alpha value is -2.86. The van der Waals surface area contributed by atoms with E-state index >= 15 is 0 Å². The second kappa shape index (κ2) is 5.98. The number of hydrogen-bond donors (Lipinski definition) is 1. The van der Waals surface area contributed by atoms with Gasteiger partial charge in [0.1, 0.15) is 10.6 Å². The highest BCUT2D eigenvalue weighted by Gasteiger charge is 2.12. The molecule has 0 spiro atoms. The Bertz CT molecular complexity index is 1010. The lowest BCUT2D eigenvalue weighted by molar-refractivity contribution is 1.10. The van der Waals surface area contributed by atoms with E-state index in [4.69, 9.17) is 5.73 Å². The second-order valence-electron chi connectivity index (χ2n) is 5.55. The molecule has 0 saturated heterocycles. The van der Waals surface area contributed by atoms with Gasteiger partial charge in [0, 0.05) is 40.6 Å².